The van der Waals surface area contributed by atoms with E-state index in [1.165, 1.54) is 25.7 Å². The van der Waals surface area contributed by atoms with E-state index in [1.807, 2.05) is 12.1 Å². The van der Waals surface area contributed by atoms with Gasteiger partial charge in [0.15, 0.2) is 0 Å². The Morgan fingerprint density at radius 1 is 1.26 bits per heavy atom. The number of anilines is 1. The predicted octanol–water partition coefficient (Wildman–Crippen LogP) is 3.44. The van der Waals surface area contributed by atoms with Crippen LogP contribution in [-0.2, 0) is 0 Å². The van der Waals surface area contributed by atoms with Gasteiger partial charge in [0, 0.05) is 28.3 Å². The first kappa shape index (κ1) is 13.0. The number of piperidine rings is 1. The average molecular weight is 323 g/mol. The van der Waals surface area contributed by atoms with E-state index in [0.717, 1.165) is 28.9 Å². The van der Waals surface area contributed by atoms with Gasteiger partial charge in [0.25, 0.3) is 5.91 Å². The van der Waals surface area contributed by atoms with E-state index in [0.29, 0.717) is 11.7 Å². The molecular formula is C15H19BrN2O. The smallest absolute Gasteiger partial charge is 0.254 e. The van der Waals surface area contributed by atoms with Gasteiger partial charge in [0.1, 0.15) is 0 Å². The topological polar surface area (TPSA) is 46.3 Å². The van der Waals surface area contributed by atoms with Crippen molar-refractivity contribution in [2.45, 2.75) is 38.1 Å². The third-order valence-corrected chi connectivity index (χ3v) is 5.19. The number of nitrogens with zero attached hydrogens (tertiary/aromatic N) is 1. The number of halogens is 1. The lowest BCUT2D eigenvalue weighted by molar-refractivity contribution is 0.0548. The molecule has 3 rings (SSSR count). The van der Waals surface area contributed by atoms with Crippen molar-refractivity contribution in [1.29, 1.82) is 0 Å². The van der Waals surface area contributed by atoms with E-state index in [4.69, 9.17) is 5.73 Å². The minimum absolute atomic E-state index is 0.164. The van der Waals surface area contributed by atoms with Crippen LogP contribution in [0.2, 0.25) is 0 Å². The Balaban J connectivity index is 1.84. The van der Waals surface area contributed by atoms with Crippen molar-refractivity contribution in [3.8, 4) is 0 Å². The monoisotopic (exact) mass is 322 g/mol. The Bertz CT molecular complexity index is 503. The number of hydrogen-bond acceptors (Lipinski definition) is 2. The highest BCUT2D eigenvalue weighted by molar-refractivity contribution is 9.10. The van der Waals surface area contributed by atoms with Crippen LogP contribution in [0.1, 0.15) is 42.5 Å². The van der Waals surface area contributed by atoms with Crippen molar-refractivity contribution >= 4 is 27.5 Å². The van der Waals surface area contributed by atoms with Gasteiger partial charge in [-0.2, -0.15) is 0 Å². The summed E-state index contributed by atoms with van der Waals surface area (Å²) < 4.78 is 0.804. The summed E-state index contributed by atoms with van der Waals surface area (Å²) in [4.78, 5) is 14.8. The first-order valence-corrected chi connectivity index (χ1v) is 7.82. The fraction of sp³-hybridized carbons (Fsp3) is 0.533. The molecule has 1 aromatic carbocycles. The van der Waals surface area contributed by atoms with Crippen molar-refractivity contribution < 1.29 is 4.79 Å². The first-order chi connectivity index (χ1) is 9.16. The zero-order chi connectivity index (χ0) is 13.4. The lowest BCUT2D eigenvalue weighted by Crippen LogP contribution is -2.46. The molecule has 2 atom stereocenters. The molecule has 1 aliphatic carbocycles. The van der Waals surface area contributed by atoms with Crippen LogP contribution in [0.25, 0.3) is 0 Å². The van der Waals surface area contributed by atoms with Crippen LogP contribution < -0.4 is 5.73 Å². The van der Waals surface area contributed by atoms with Crippen LogP contribution in [0.3, 0.4) is 0 Å². The van der Waals surface area contributed by atoms with Crippen LogP contribution in [-0.4, -0.2) is 23.4 Å². The zero-order valence-corrected chi connectivity index (χ0v) is 12.5. The van der Waals surface area contributed by atoms with E-state index in [1.54, 1.807) is 6.07 Å². The fourth-order valence-corrected chi connectivity index (χ4v) is 3.91. The summed E-state index contributed by atoms with van der Waals surface area (Å²) in [6.07, 6.45) is 6.17. The molecular weight excluding hydrogens is 304 g/mol. The summed E-state index contributed by atoms with van der Waals surface area (Å²) in [5.74, 6) is 0.896. The molecule has 3 nitrogen and oxygen atoms in total. The Morgan fingerprint density at radius 2 is 2.05 bits per heavy atom. The molecule has 4 heteroatoms. The van der Waals surface area contributed by atoms with E-state index >= 15 is 0 Å². The third-order valence-electron chi connectivity index (χ3n) is 4.50. The number of nitrogens with two attached hydrogens (primary N) is 1. The first-order valence-electron chi connectivity index (χ1n) is 7.03. The maximum Gasteiger partial charge on any atom is 0.254 e. The zero-order valence-electron chi connectivity index (χ0n) is 10.9. The number of carbonyl (C=O) groups is 1. The van der Waals surface area contributed by atoms with Crippen molar-refractivity contribution in [1.82, 2.24) is 4.90 Å². The number of benzene rings is 1. The Kier molecular flexibility index (Phi) is 3.52. The summed E-state index contributed by atoms with van der Waals surface area (Å²) in [6.45, 7) is 0.905. The van der Waals surface area contributed by atoms with Gasteiger partial charge in [-0.25, -0.2) is 0 Å². The molecule has 1 saturated carbocycles. The summed E-state index contributed by atoms with van der Waals surface area (Å²) in [7, 11) is 0. The van der Waals surface area contributed by atoms with Crippen LogP contribution in [0, 0.1) is 5.92 Å². The predicted molar refractivity (Wildman–Crippen MR) is 80.0 cm³/mol. The van der Waals surface area contributed by atoms with E-state index < -0.39 is 0 Å². The quantitative estimate of drug-likeness (QED) is 0.805. The van der Waals surface area contributed by atoms with Crippen LogP contribution in [0.15, 0.2) is 22.7 Å². The molecule has 0 bridgehead atoms. The number of rotatable bonds is 1. The van der Waals surface area contributed by atoms with Crippen LogP contribution >= 0.6 is 15.9 Å². The molecule has 0 radical (unpaired) electrons. The van der Waals surface area contributed by atoms with Crippen LogP contribution in [0.5, 0.6) is 0 Å². The number of carbonyl (C=O) groups excluding carboxylic acids is 1. The highest BCUT2D eigenvalue weighted by Gasteiger charge is 2.37. The highest BCUT2D eigenvalue weighted by atomic mass is 79.9. The third kappa shape index (κ3) is 2.38. The van der Waals surface area contributed by atoms with Gasteiger partial charge >= 0.3 is 0 Å². The Labute approximate surface area is 122 Å². The van der Waals surface area contributed by atoms with Crippen molar-refractivity contribution in [2.75, 3.05) is 12.3 Å². The highest BCUT2D eigenvalue weighted by Crippen LogP contribution is 2.37. The second-order valence-electron chi connectivity index (χ2n) is 5.64. The van der Waals surface area contributed by atoms with E-state index in [-0.39, 0.29) is 5.91 Å². The number of amides is 1. The molecule has 0 aromatic heterocycles. The number of nitrogen functional groups attached to an aromatic ring is 1. The maximum atomic E-state index is 12.7. The molecule has 1 amide bonds. The number of fused-ring (bicyclic) bond motifs is 1. The molecule has 19 heavy (non-hydrogen) atoms. The van der Waals surface area contributed by atoms with Crippen molar-refractivity contribution in [3.05, 3.63) is 28.2 Å². The second-order valence-corrected chi connectivity index (χ2v) is 6.49. The van der Waals surface area contributed by atoms with Gasteiger partial charge in [0.05, 0.1) is 0 Å². The fourth-order valence-electron chi connectivity index (χ4n) is 3.53. The number of hydrogen-bond donors (Lipinski definition) is 1. The SMILES string of the molecule is Nc1ccc(C(=O)N2CCCC3CCCC32)cc1Br. The Morgan fingerprint density at radius 3 is 2.84 bits per heavy atom. The molecule has 2 aliphatic rings. The lowest BCUT2D eigenvalue weighted by Gasteiger charge is -2.38. The molecule has 2 N–H and O–H groups in total. The van der Waals surface area contributed by atoms with E-state index in [2.05, 4.69) is 20.8 Å². The second kappa shape index (κ2) is 5.16. The number of likely N-dealkylation sites (tertiary alicyclic amines) is 1. The normalized spacial score (nSPS) is 26.3. The summed E-state index contributed by atoms with van der Waals surface area (Å²) >= 11 is 3.40. The van der Waals surface area contributed by atoms with Crippen molar-refractivity contribution in [3.63, 3.8) is 0 Å². The molecule has 102 valence electrons. The largest absolute Gasteiger partial charge is 0.398 e. The molecule has 2 unspecified atom stereocenters. The minimum Gasteiger partial charge on any atom is -0.398 e. The molecule has 1 aromatic rings. The molecule has 1 aliphatic heterocycles. The van der Waals surface area contributed by atoms with Gasteiger partial charge in [-0.05, 0) is 65.7 Å². The van der Waals surface area contributed by atoms with Crippen molar-refractivity contribution in [2.24, 2.45) is 5.92 Å². The minimum atomic E-state index is 0.164. The summed E-state index contributed by atoms with van der Waals surface area (Å²) in [6, 6.07) is 5.95. The van der Waals surface area contributed by atoms with Gasteiger partial charge in [0.2, 0.25) is 0 Å². The molecule has 2 fully saturated rings. The molecule has 1 heterocycles. The molecule has 1 saturated heterocycles. The van der Waals surface area contributed by atoms with E-state index in [9.17, 15) is 4.79 Å². The average Bonchev–Trinajstić information content (AvgIpc) is 2.89. The standard InChI is InChI=1S/C15H19BrN2O/c16-12-9-11(6-7-13(12)17)15(19)18-8-2-4-10-3-1-5-14(10)18/h6-7,9-10,14H,1-5,8,17H2. The van der Waals surface area contributed by atoms with Crippen LogP contribution in [0.4, 0.5) is 5.69 Å². The Hall–Kier alpha value is -1.03. The molecule has 0 spiro atoms. The summed E-state index contributed by atoms with van der Waals surface area (Å²) in [5, 5.41) is 0. The maximum absolute atomic E-state index is 12.7. The summed E-state index contributed by atoms with van der Waals surface area (Å²) in [5.41, 5.74) is 7.20. The van der Waals surface area contributed by atoms with Gasteiger partial charge in [-0.1, -0.05) is 6.42 Å². The van der Waals surface area contributed by atoms with Gasteiger partial charge in [-0.15, -0.1) is 0 Å². The van der Waals surface area contributed by atoms with Gasteiger partial charge in [-0.3, -0.25) is 4.79 Å². The lowest BCUT2D eigenvalue weighted by atomic mass is 9.91. The van der Waals surface area contributed by atoms with Gasteiger partial charge < -0.3 is 10.6 Å².